The molecule has 0 aromatic heterocycles. The number of carbonyl (C=O) groups excluding carboxylic acids is 1. The van der Waals surface area contributed by atoms with Crippen molar-refractivity contribution in [1.29, 1.82) is 0 Å². The summed E-state index contributed by atoms with van der Waals surface area (Å²) in [5.74, 6) is -0.141. The first-order valence-electron chi connectivity index (χ1n) is 5.64. The third-order valence-corrected chi connectivity index (χ3v) is 4.51. The van der Waals surface area contributed by atoms with Crippen molar-refractivity contribution in [3.8, 4) is 0 Å². The van der Waals surface area contributed by atoms with Crippen LogP contribution in [0.4, 0.5) is 5.69 Å². The van der Waals surface area contributed by atoms with Gasteiger partial charge in [0.1, 0.15) is 0 Å². The molecule has 0 aliphatic rings. The molecule has 6 heteroatoms. The van der Waals surface area contributed by atoms with Gasteiger partial charge in [0.25, 0.3) is 0 Å². The van der Waals surface area contributed by atoms with E-state index in [9.17, 15) is 4.79 Å². The molecule has 20 heavy (non-hydrogen) atoms. The summed E-state index contributed by atoms with van der Waals surface area (Å²) in [6.07, 6.45) is 0.219. The molecule has 0 saturated carbocycles. The third kappa shape index (κ3) is 4.13. The van der Waals surface area contributed by atoms with Gasteiger partial charge >= 0.3 is 0 Å². The standard InChI is InChI=1S/C14H9BrCl3NO/c15-10-7-9(2-4-11(10)16)19-14(20)6-8-1-3-12(17)13(18)5-8/h1-5,7H,6H2,(H,19,20). The highest BCUT2D eigenvalue weighted by molar-refractivity contribution is 9.10. The maximum absolute atomic E-state index is 11.9. The molecule has 1 N–H and O–H groups in total. The molecule has 0 spiro atoms. The lowest BCUT2D eigenvalue weighted by atomic mass is 10.1. The molecule has 0 aliphatic carbocycles. The Bertz CT molecular complexity index is 605. The fraction of sp³-hybridized carbons (Fsp3) is 0.0714. The van der Waals surface area contributed by atoms with E-state index in [4.69, 9.17) is 34.8 Å². The zero-order valence-corrected chi connectivity index (χ0v) is 13.9. The van der Waals surface area contributed by atoms with E-state index in [0.717, 1.165) is 10.0 Å². The van der Waals surface area contributed by atoms with Crippen LogP contribution in [-0.4, -0.2) is 5.91 Å². The quantitative estimate of drug-likeness (QED) is 0.724. The van der Waals surface area contributed by atoms with Gasteiger partial charge in [0, 0.05) is 10.2 Å². The van der Waals surface area contributed by atoms with Gasteiger partial charge < -0.3 is 5.32 Å². The Morgan fingerprint density at radius 3 is 2.35 bits per heavy atom. The molecular formula is C14H9BrCl3NO. The number of hydrogen-bond donors (Lipinski definition) is 1. The molecule has 2 nitrogen and oxygen atoms in total. The summed E-state index contributed by atoms with van der Waals surface area (Å²) < 4.78 is 0.728. The number of anilines is 1. The number of carbonyl (C=O) groups is 1. The van der Waals surface area contributed by atoms with Crippen molar-refractivity contribution in [1.82, 2.24) is 0 Å². The lowest BCUT2D eigenvalue weighted by Crippen LogP contribution is -2.14. The number of nitrogens with one attached hydrogen (secondary N) is 1. The highest BCUT2D eigenvalue weighted by Gasteiger charge is 2.07. The first-order valence-corrected chi connectivity index (χ1v) is 7.57. The maximum Gasteiger partial charge on any atom is 0.228 e. The molecule has 2 aromatic carbocycles. The Hall–Kier alpha value is -0.740. The summed E-state index contributed by atoms with van der Waals surface area (Å²) in [6, 6.07) is 10.3. The lowest BCUT2D eigenvalue weighted by molar-refractivity contribution is -0.115. The van der Waals surface area contributed by atoms with Crippen LogP contribution in [0.25, 0.3) is 0 Å². The van der Waals surface area contributed by atoms with Gasteiger partial charge in [-0.1, -0.05) is 40.9 Å². The molecule has 2 aromatic rings. The first-order chi connectivity index (χ1) is 9.45. The Morgan fingerprint density at radius 1 is 1.00 bits per heavy atom. The minimum absolute atomic E-state index is 0.141. The Kier molecular flexibility index (Phi) is 5.33. The summed E-state index contributed by atoms with van der Waals surface area (Å²) in [6.45, 7) is 0. The molecule has 0 unspecified atom stereocenters. The van der Waals surface area contributed by atoms with E-state index >= 15 is 0 Å². The summed E-state index contributed by atoms with van der Waals surface area (Å²) in [7, 11) is 0. The Balaban J connectivity index is 2.04. The van der Waals surface area contributed by atoms with Crippen LogP contribution in [0.3, 0.4) is 0 Å². The highest BCUT2D eigenvalue weighted by atomic mass is 79.9. The van der Waals surface area contributed by atoms with Crippen molar-refractivity contribution in [2.24, 2.45) is 0 Å². The zero-order valence-electron chi connectivity index (χ0n) is 10.1. The second kappa shape index (κ2) is 6.81. The predicted octanol–water partition coefficient (Wildman–Crippen LogP) is 5.59. The third-order valence-electron chi connectivity index (χ3n) is 2.55. The van der Waals surface area contributed by atoms with E-state index in [1.807, 2.05) is 0 Å². The molecule has 0 aliphatic heterocycles. The molecule has 2 rings (SSSR count). The Labute approximate surface area is 140 Å². The summed E-state index contributed by atoms with van der Waals surface area (Å²) >= 11 is 20.9. The van der Waals surface area contributed by atoms with Gasteiger partial charge in [0.15, 0.2) is 0 Å². The largest absolute Gasteiger partial charge is 0.326 e. The minimum Gasteiger partial charge on any atom is -0.326 e. The van der Waals surface area contributed by atoms with E-state index in [0.29, 0.717) is 20.8 Å². The van der Waals surface area contributed by atoms with Crippen LogP contribution in [0.5, 0.6) is 0 Å². The van der Waals surface area contributed by atoms with Crippen LogP contribution in [0.2, 0.25) is 15.1 Å². The van der Waals surface area contributed by atoms with Crippen LogP contribution in [0.15, 0.2) is 40.9 Å². The molecule has 0 fully saturated rings. The molecule has 0 heterocycles. The topological polar surface area (TPSA) is 29.1 Å². The summed E-state index contributed by atoms with van der Waals surface area (Å²) in [5, 5.41) is 4.29. The fourth-order valence-corrected chi connectivity index (χ4v) is 2.43. The molecule has 0 radical (unpaired) electrons. The number of benzene rings is 2. The van der Waals surface area contributed by atoms with Gasteiger partial charge in [0.05, 0.1) is 21.5 Å². The van der Waals surface area contributed by atoms with Gasteiger partial charge in [0.2, 0.25) is 5.91 Å². The van der Waals surface area contributed by atoms with Crippen LogP contribution in [0, 0.1) is 0 Å². The zero-order chi connectivity index (χ0) is 14.7. The van der Waals surface area contributed by atoms with E-state index in [-0.39, 0.29) is 12.3 Å². The average molecular weight is 393 g/mol. The number of rotatable bonds is 3. The second-order valence-electron chi connectivity index (χ2n) is 4.10. The lowest BCUT2D eigenvalue weighted by Gasteiger charge is -2.07. The summed E-state index contributed by atoms with van der Waals surface area (Å²) in [5.41, 5.74) is 1.47. The van der Waals surface area contributed by atoms with Crippen molar-refractivity contribution in [3.63, 3.8) is 0 Å². The second-order valence-corrected chi connectivity index (χ2v) is 6.18. The van der Waals surface area contributed by atoms with Crippen molar-refractivity contribution in [3.05, 3.63) is 61.5 Å². The molecule has 104 valence electrons. The van der Waals surface area contributed by atoms with Gasteiger partial charge in [-0.15, -0.1) is 0 Å². The van der Waals surface area contributed by atoms with Crippen molar-refractivity contribution >= 4 is 62.3 Å². The van der Waals surface area contributed by atoms with Gasteiger partial charge in [-0.3, -0.25) is 4.79 Å². The molecule has 0 bridgehead atoms. The smallest absolute Gasteiger partial charge is 0.228 e. The fourth-order valence-electron chi connectivity index (χ4n) is 1.61. The van der Waals surface area contributed by atoms with Crippen molar-refractivity contribution in [2.45, 2.75) is 6.42 Å². The monoisotopic (exact) mass is 391 g/mol. The molecule has 0 atom stereocenters. The SMILES string of the molecule is O=C(Cc1ccc(Cl)c(Cl)c1)Nc1ccc(Cl)c(Br)c1. The van der Waals surface area contributed by atoms with Crippen LogP contribution < -0.4 is 5.32 Å². The Morgan fingerprint density at radius 2 is 1.70 bits per heavy atom. The number of halogens is 4. The molecular weight excluding hydrogens is 384 g/mol. The van der Waals surface area contributed by atoms with Crippen LogP contribution in [-0.2, 0) is 11.2 Å². The van der Waals surface area contributed by atoms with Crippen molar-refractivity contribution < 1.29 is 4.79 Å². The summed E-state index contributed by atoms with van der Waals surface area (Å²) in [4.78, 5) is 11.9. The average Bonchev–Trinajstić information content (AvgIpc) is 2.38. The van der Waals surface area contributed by atoms with Crippen LogP contribution in [0.1, 0.15) is 5.56 Å². The molecule has 0 saturated heterocycles. The van der Waals surface area contributed by atoms with Gasteiger partial charge in [-0.05, 0) is 51.8 Å². The van der Waals surface area contributed by atoms with E-state index in [1.54, 1.807) is 36.4 Å². The minimum atomic E-state index is -0.141. The normalized spacial score (nSPS) is 10.4. The number of amides is 1. The van der Waals surface area contributed by atoms with Gasteiger partial charge in [-0.2, -0.15) is 0 Å². The van der Waals surface area contributed by atoms with E-state index in [1.165, 1.54) is 0 Å². The predicted molar refractivity (Wildman–Crippen MR) is 87.9 cm³/mol. The molecule has 1 amide bonds. The maximum atomic E-state index is 11.9. The van der Waals surface area contributed by atoms with Gasteiger partial charge in [-0.25, -0.2) is 0 Å². The first kappa shape index (κ1) is 15.6. The van der Waals surface area contributed by atoms with E-state index < -0.39 is 0 Å². The highest BCUT2D eigenvalue weighted by Crippen LogP contribution is 2.26. The van der Waals surface area contributed by atoms with Crippen molar-refractivity contribution in [2.75, 3.05) is 5.32 Å². The van der Waals surface area contributed by atoms with E-state index in [2.05, 4.69) is 21.2 Å². The number of hydrogen-bond acceptors (Lipinski definition) is 1. The van der Waals surface area contributed by atoms with Crippen LogP contribution >= 0.6 is 50.7 Å².